The third kappa shape index (κ3) is 3.00. The Balaban J connectivity index is 1.55. The van der Waals surface area contributed by atoms with Gasteiger partial charge in [0.25, 0.3) is 0 Å². The van der Waals surface area contributed by atoms with Crippen molar-refractivity contribution in [3.8, 4) is 0 Å². The Morgan fingerprint density at radius 3 is 2.91 bits per heavy atom. The van der Waals surface area contributed by atoms with Gasteiger partial charge >= 0.3 is 0 Å². The number of aromatic nitrogens is 1. The average molecular weight is 324 g/mol. The standard InChI is InChI=1S/C19H20N2OS/c22-19(21-9-2-1-3-10-21)16-12-18(23-13-16)15-6-7-17-14(11-15)5-4-8-20-17/h4-8,11-12,16H,1-3,9-10,13H2. The third-order valence-corrected chi connectivity index (χ3v) is 5.85. The van der Waals surface area contributed by atoms with E-state index in [-0.39, 0.29) is 5.92 Å². The van der Waals surface area contributed by atoms with Crippen molar-refractivity contribution in [2.45, 2.75) is 19.3 Å². The molecule has 1 amide bonds. The van der Waals surface area contributed by atoms with Crippen LogP contribution >= 0.6 is 11.8 Å². The molecule has 0 aliphatic carbocycles. The predicted octanol–water partition coefficient (Wildman–Crippen LogP) is 3.95. The Kier molecular flexibility index (Phi) is 4.08. The number of fused-ring (bicyclic) bond motifs is 1. The van der Waals surface area contributed by atoms with E-state index in [4.69, 9.17) is 0 Å². The van der Waals surface area contributed by atoms with Crippen LogP contribution in [0.5, 0.6) is 0 Å². The van der Waals surface area contributed by atoms with E-state index in [1.165, 1.54) is 16.9 Å². The van der Waals surface area contributed by atoms with E-state index in [2.05, 4.69) is 40.2 Å². The maximum atomic E-state index is 12.6. The lowest BCUT2D eigenvalue weighted by atomic mass is 10.0. The molecular formula is C19H20N2OS. The monoisotopic (exact) mass is 324 g/mol. The van der Waals surface area contributed by atoms with Crippen LogP contribution in [-0.4, -0.2) is 34.6 Å². The summed E-state index contributed by atoms with van der Waals surface area (Å²) < 4.78 is 0. The number of pyridine rings is 1. The van der Waals surface area contributed by atoms with Crippen molar-refractivity contribution in [1.82, 2.24) is 9.88 Å². The molecule has 0 bridgehead atoms. The van der Waals surface area contributed by atoms with E-state index in [0.29, 0.717) is 5.91 Å². The highest BCUT2D eigenvalue weighted by molar-refractivity contribution is 8.08. The molecule has 0 N–H and O–H groups in total. The van der Waals surface area contributed by atoms with Crippen LogP contribution in [0.1, 0.15) is 24.8 Å². The molecule has 23 heavy (non-hydrogen) atoms. The highest BCUT2D eigenvalue weighted by Crippen LogP contribution is 2.38. The quantitative estimate of drug-likeness (QED) is 0.838. The van der Waals surface area contributed by atoms with Crippen molar-refractivity contribution in [2.24, 2.45) is 5.92 Å². The first-order valence-corrected chi connectivity index (χ1v) is 9.28. The Hall–Kier alpha value is -1.81. The number of hydrogen-bond donors (Lipinski definition) is 0. The maximum absolute atomic E-state index is 12.6. The van der Waals surface area contributed by atoms with Crippen LogP contribution in [-0.2, 0) is 4.79 Å². The van der Waals surface area contributed by atoms with Gasteiger partial charge in [-0.25, -0.2) is 0 Å². The van der Waals surface area contributed by atoms with E-state index in [0.717, 1.165) is 42.6 Å². The number of thioether (sulfide) groups is 1. The second-order valence-electron chi connectivity index (χ2n) is 6.25. The average Bonchev–Trinajstić information content (AvgIpc) is 3.11. The van der Waals surface area contributed by atoms with Gasteiger partial charge in [-0.15, -0.1) is 11.8 Å². The van der Waals surface area contributed by atoms with Crippen LogP contribution < -0.4 is 0 Å². The summed E-state index contributed by atoms with van der Waals surface area (Å²) in [6, 6.07) is 10.4. The van der Waals surface area contributed by atoms with E-state index in [1.54, 1.807) is 11.8 Å². The lowest BCUT2D eigenvalue weighted by molar-refractivity contribution is -0.134. The number of carbonyl (C=O) groups is 1. The Morgan fingerprint density at radius 1 is 1.17 bits per heavy atom. The van der Waals surface area contributed by atoms with Crippen LogP contribution in [0.2, 0.25) is 0 Å². The minimum atomic E-state index is 0.0395. The number of rotatable bonds is 2. The number of amides is 1. The molecular weight excluding hydrogens is 304 g/mol. The molecule has 0 saturated carbocycles. The van der Waals surface area contributed by atoms with Crippen LogP contribution in [0.15, 0.2) is 42.6 Å². The normalized spacial score (nSPS) is 21.5. The van der Waals surface area contributed by atoms with E-state index >= 15 is 0 Å². The molecule has 118 valence electrons. The summed E-state index contributed by atoms with van der Waals surface area (Å²) in [5.74, 6) is 1.22. The fraction of sp³-hybridized carbons (Fsp3) is 0.368. The molecule has 1 aromatic carbocycles. The summed E-state index contributed by atoms with van der Waals surface area (Å²) >= 11 is 1.80. The molecule has 3 nitrogen and oxygen atoms in total. The van der Waals surface area contributed by atoms with Crippen molar-refractivity contribution in [3.05, 3.63) is 48.2 Å². The summed E-state index contributed by atoms with van der Waals surface area (Å²) in [5.41, 5.74) is 2.21. The first-order valence-electron chi connectivity index (χ1n) is 8.30. The first-order chi connectivity index (χ1) is 11.3. The highest BCUT2D eigenvalue weighted by atomic mass is 32.2. The van der Waals surface area contributed by atoms with Gasteiger partial charge in [-0.05, 0) is 43.0 Å². The number of nitrogens with zero attached hydrogens (tertiary/aromatic N) is 2. The topological polar surface area (TPSA) is 33.2 Å². The van der Waals surface area contributed by atoms with Crippen LogP contribution in [0, 0.1) is 5.92 Å². The second-order valence-corrected chi connectivity index (χ2v) is 7.31. The van der Waals surface area contributed by atoms with Crippen molar-refractivity contribution >= 4 is 33.5 Å². The molecule has 3 heterocycles. The van der Waals surface area contributed by atoms with Gasteiger partial charge in [0.05, 0.1) is 11.4 Å². The van der Waals surface area contributed by atoms with E-state index in [1.807, 2.05) is 12.3 Å². The van der Waals surface area contributed by atoms with Crippen LogP contribution in [0.25, 0.3) is 15.8 Å². The summed E-state index contributed by atoms with van der Waals surface area (Å²) in [6.07, 6.45) is 7.55. The van der Waals surface area contributed by atoms with E-state index < -0.39 is 0 Å². The smallest absolute Gasteiger partial charge is 0.230 e. The predicted molar refractivity (Wildman–Crippen MR) is 96.1 cm³/mol. The van der Waals surface area contributed by atoms with Crippen molar-refractivity contribution in [1.29, 1.82) is 0 Å². The Morgan fingerprint density at radius 2 is 2.04 bits per heavy atom. The molecule has 1 fully saturated rings. The molecule has 1 aromatic heterocycles. The molecule has 2 aliphatic heterocycles. The Labute approximate surface area is 140 Å². The zero-order valence-electron chi connectivity index (χ0n) is 13.1. The fourth-order valence-electron chi connectivity index (χ4n) is 3.36. The molecule has 1 unspecified atom stereocenters. The van der Waals surface area contributed by atoms with Crippen molar-refractivity contribution < 1.29 is 4.79 Å². The van der Waals surface area contributed by atoms with Gasteiger partial charge in [0.2, 0.25) is 5.91 Å². The number of carbonyl (C=O) groups excluding carboxylic acids is 1. The van der Waals surface area contributed by atoms with Crippen LogP contribution in [0.3, 0.4) is 0 Å². The minimum Gasteiger partial charge on any atom is -0.342 e. The van der Waals surface area contributed by atoms with E-state index in [9.17, 15) is 4.79 Å². The molecule has 4 rings (SSSR count). The van der Waals surface area contributed by atoms with Gasteiger partial charge in [0, 0.05) is 35.3 Å². The van der Waals surface area contributed by atoms with Gasteiger partial charge in [0.15, 0.2) is 0 Å². The summed E-state index contributed by atoms with van der Waals surface area (Å²) in [4.78, 5) is 20.3. The lowest BCUT2D eigenvalue weighted by Gasteiger charge is -2.28. The largest absolute Gasteiger partial charge is 0.342 e. The van der Waals surface area contributed by atoms with Crippen LogP contribution in [0.4, 0.5) is 0 Å². The summed E-state index contributed by atoms with van der Waals surface area (Å²) in [6.45, 7) is 1.87. The maximum Gasteiger partial charge on any atom is 0.230 e. The summed E-state index contributed by atoms with van der Waals surface area (Å²) in [7, 11) is 0. The molecule has 4 heteroatoms. The zero-order valence-corrected chi connectivity index (χ0v) is 13.9. The number of piperidine rings is 1. The van der Waals surface area contributed by atoms with Crippen molar-refractivity contribution in [3.63, 3.8) is 0 Å². The first kappa shape index (κ1) is 14.8. The van der Waals surface area contributed by atoms with Gasteiger partial charge in [-0.3, -0.25) is 9.78 Å². The number of benzene rings is 1. The van der Waals surface area contributed by atoms with Crippen molar-refractivity contribution in [2.75, 3.05) is 18.8 Å². The molecule has 2 aromatic rings. The lowest BCUT2D eigenvalue weighted by Crippen LogP contribution is -2.39. The highest BCUT2D eigenvalue weighted by Gasteiger charge is 2.28. The minimum absolute atomic E-state index is 0.0395. The molecule has 1 saturated heterocycles. The molecule has 2 aliphatic rings. The van der Waals surface area contributed by atoms with Gasteiger partial charge in [-0.2, -0.15) is 0 Å². The number of hydrogen-bond acceptors (Lipinski definition) is 3. The van der Waals surface area contributed by atoms with Gasteiger partial charge in [0.1, 0.15) is 0 Å². The fourth-order valence-corrected chi connectivity index (χ4v) is 4.51. The molecule has 0 spiro atoms. The Bertz CT molecular complexity index is 765. The number of likely N-dealkylation sites (tertiary alicyclic amines) is 1. The van der Waals surface area contributed by atoms with Gasteiger partial charge in [-0.1, -0.05) is 18.2 Å². The zero-order chi connectivity index (χ0) is 15.6. The summed E-state index contributed by atoms with van der Waals surface area (Å²) in [5, 5.41) is 1.15. The molecule has 1 atom stereocenters. The molecule has 0 radical (unpaired) electrons. The SMILES string of the molecule is O=C(C1C=C(c2ccc3ncccc3c2)SC1)N1CCCCC1. The third-order valence-electron chi connectivity index (χ3n) is 4.64. The van der Waals surface area contributed by atoms with Gasteiger partial charge < -0.3 is 4.90 Å². The second kappa shape index (κ2) is 6.36.